The van der Waals surface area contributed by atoms with Gasteiger partial charge < -0.3 is 9.84 Å². The maximum Gasteiger partial charge on any atom is 0.408 e. The average molecular weight is 551 g/mol. The van der Waals surface area contributed by atoms with Crippen molar-refractivity contribution in [3.63, 3.8) is 0 Å². The third-order valence-corrected chi connectivity index (χ3v) is 7.93. The highest BCUT2D eigenvalue weighted by atomic mass is 16.5. The Morgan fingerprint density at radius 3 is 2.41 bits per heavy atom. The van der Waals surface area contributed by atoms with Crippen LogP contribution in [0.15, 0.2) is 65.5 Å². The van der Waals surface area contributed by atoms with Crippen molar-refractivity contribution in [1.82, 2.24) is 24.2 Å². The number of ether oxygens (including phenoxy) is 1. The second-order valence-electron chi connectivity index (χ2n) is 11.5. The lowest BCUT2D eigenvalue weighted by Crippen LogP contribution is -2.60. The second-order valence-corrected chi connectivity index (χ2v) is 11.5. The first-order valence-electron chi connectivity index (χ1n) is 13.6. The van der Waals surface area contributed by atoms with Crippen LogP contribution in [-0.2, 0) is 18.7 Å². The van der Waals surface area contributed by atoms with E-state index in [2.05, 4.69) is 5.10 Å². The molecule has 1 aliphatic heterocycles. The molecular weight excluding hydrogens is 520 g/mol. The Kier molecular flexibility index (Phi) is 6.18. The quantitative estimate of drug-likeness (QED) is 0.356. The number of nitriles is 1. The van der Waals surface area contributed by atoms with Crippen molar-refractivity contribution in [2.75, 3.05) is 0 Å². The first kappa shape index (κ1) is 26.3. The number of carboxylic acid groups (broad SMARTS) is 1. The molecule has 2 aromatic heterocycles. The van der Waals surface area contributed by atoms with Gasteiger partial charge in [0.05, 0.1) is 17.3 Å². The minimum absolute atomic E-state index is 0.0527. The summed E-state index contributed by atoms with van der Waals surface area (Å²) in [6.45, 7) is 5.68. The predicted octanol–water partition coefficient (Wildman–Crippen LogP) is 5.34. The molecule has 1 fully saturated rings. The highest BCUT2D eigenvalue weighted by Crippen LogP contribution is 2.50. The molecule has 0 saturated heterocycles. The summed E-state index contributed by atoms with van der Waals surface area (Å²) in [7, 11) is 0. The average Bonchev–Trinajstić information content (AvgIpc) is 3.25. The molecule has 0 atom stereocenters. The molecule has 1 amide bonds. The van der Waals surface area contributed by atoms with Crippen molar-refractivity contribution in [3.8, 4) is 40.0 Å². The Balaban J connectivity index is 1.48. The maximum absolute atomic E-state index is 13.1. The largest absolute Gasteiger partial charge is 0.468 e. The molecule has 3 heterocycles. The number of hydrogen-bond acceptors (Lipinski definition) is 6. The molecule has 2 aliphatic rings. The molecule has 41 heavy (non-hydrogen) atoms. The minimum Gasteiger partial charge on any atom is -0.468 e. The number of aromatic nitrogens is 4. The minimum atomic E-state index is -0.922. The molecule has 4 aromatic rings. The van der Waals surface area contributed by atoms with Crippen molar-refractivity contribution in [2.24, 2.45) is 0 Å². The van der Waals surface area contributed by atoms with E-state index in [1.807, 2.05) is 87.5 Å². The highest BCUT2D eigenvalue weighted by Gasteiger charge is 2.50. The summed E-state index contributed by atoms with van der Waals surface area (Å²) >= 11 is 0. The summed E-state index contributed by atoms with van der Waals surface area (Å²) in [5, 5.41) is 23.5. The summed E-state index contributed by atoms with van der Waals surface area (Å²) in [6.07, 6.45) is 1.59. The lowest BCUT2D eigenvalue weighted by molar-refractivity contribution is -0.0328. The molecular formula is C31H30N6O4. The van der Waals surface area contributed by atoms with Crippen LogP contribution < -0.4 is 10.4 Å². The highest BCUT2D eigenvalue weighted by molar-refractivity contribution is 5.83. The van der Waals surface area contributed by atoms with Crippen LogP contribution in [-0.4, -0.2) is 41.0 Å². The van der Waals surface area contributed by atoms with E-state index < -0.39 is 22.9 Å². The summed E-state index contributed by atoms with van der Waals surface area (Å²) in [4.78, 5) is 32.0. The monoisotopic (exact) mass is 550 g/mol. The van der Waals surface area contributed by atoms with E-state index in [9.17, 15) is 14.7 Å². The van der Waals surface area contributed by atoms with Gasteiger partial charge in [0.2, 0.25) is 5.88 Å². The summed E-state index contributed by atoms with van der Waals surface area (Å²) in [5.41, 5.74) is 3.10. The van der Waals surface area contributed by atoms with Crippen LogP contribution in [0.3, 0.4) is 0 Å². The number of pyridine rings is 1. The van der Waals surface area contributed by atoms with Gasteiger partial charge in [-0.2, -0.15) is 9.94 Å². The van der Waals surface area contributed by atoms with Crippen LogP contribution in [0.1, 0.15) is 51.4 Å². The van der Waals surface area contributed by atoms with Crippen LogP contribution in [0.2, 0.25) is 0 Å². The van der Waals surface area contributed by atoms with Gasteiger partial charge in [-0.3, -0.25) is 4.90 Å². The zero-order valence-corrected chi connectivity index (χ0v) is 23.2. The zero-order chi connectivity index (χ0) is 28.9. The van der Waals surface area contributed by atoms with Crippen LogP contribution in [0, 0.1) is 11.3 Å². The molecule has 1 saturated carbocycles. The van der Waals surface area contributed by atoms with Crippen LogP contribution in [0.4, 0.5) is 4.79 Å². The fraction of sp³-hybridized carbons (Fsp3) is 0.323. The van der Waals surface area contributed by atoms with Gasteiger partial charge in [0.25, 0.3) is 0 Å². The van der Waals surface area contributed by atoms with E-state index in [0.29, 0.717) is 23.1 Å². The lowest BCUT2D eigenvalue weighted by Gasteiger charge is -2.54. The van der Waals surface area contributed by atoms with Crippen LogP contribution in [0.5, 0.6) is 5.88 Å². The summed E-state index contributed by atoms with van der Waals surface area (Å²) < 4.78 is 8.52. The molecule has 0 unspecified atom stereocenters. The van der Waals surface area contributed by atoms with Gasteiger partial charge in [-0.1, -0.05) is 54.6 Å². The number of hydrogen-bond donors (Lipinski definition) is 1. The van der Waals surface area contributed by atoms with Gasteiger partial charge in [-0.25, -0.2) is 19.1 Å². The first-order valence-corrected chi connectivity index (χ1v) is 13.6. The Labute approximate surface area is 237 Å². The topological polar surface area (TPSA) is 126 Å². The molecule has 0 spiro atoms. The van der Waals surface area contributed by atoms with Gasteiger partial charge in [-0.15, -0.1) is 5.10 Å². The first-order chi connectivity index (χ1) is 19.6. The number of fused-ring (bicyclic) bond motifs is 3. The van der Waals surface area contributed by atoms with Gasteiger partial charge in [0.1, 0.15) is 12.2 Å². The van der Waals surface area contributed by atoms with Gasteiger partial charge >= 0.3 is 11.8 Å². The number of amides is 1. The van der Waals surface area contributed by atoms with Crippen LogP contribution in [0.25, 0.3) is 28.1 Å². The van der Waals surface area contributed by atoms with Crippen molar-refractivity contribution in [3.05, 3.63) is 82.5 Å². The fourth-order valence-corrected chi connectivity index (χ4v) is 6.10. The molecule has 0 radical (unpaired) electrons. The Morgan fingerprint density at radius 1 is 1.12 bits per heavy atom. The Morgan fingerprint density at radius 2 is 1.83 bits per heavy atom. The zero-order valence-electron chi connectivity index (χ0n) is 23.2. The number of benzene rings is 2. The molecule has 6 rings (SSSR count). The van der Waals surface area contributed by atoms with E-state index in [1.165, 1.54) is 4.57 Å². The van der Waals surface area contributed by atoms with E-state index >= 15 is 0 Å². The SMILES string of the molecule is CC(C)(C)N(C(=O)O)C1(c2ccc(-c3nc4c(cc3-c3ccccc3)-n3c(nn(CC#N)c3=O)CO4)cc2)CCC1. The molecule has 208 valence electrons. The molecule has 10 nitrogen and oxygen atoms in total. The third kappa shape index (κ3) is 4.25. The molecule has 1 N–H and O–H groups in total. The van der Waals surface area contributed by atoms with E-state index in [-0.39, 0.29) is 13.2 Å². The molecule has 10 heteroatoms. The van der Waals surface area contributed by atoms with Gasteiger partial charge in [0.15, 0.2) is 12.4 Å². The molecule has 0 bridgehead atoms. The lowest BCUT2D eigenvalue weighted by atomic mass is 9.69. The predicted molar refractivity (Wildman–Crippen MR) is 152 cm³/mol. The second kappa shape index (κ2) is 9.63. The standard InChI is InChI=1S/C31H30N6O4/c1-30(2,3)37(29(39)40)31(14-7-15-31)22-12-10-21(11-13-22)26-23(20-8-5-4-6-9-20)18-24-27(33-26)41-19-25-34-35(17-16-32)28(38)36(24)25/h4-6,8-13,18H,7,14-15,17,19H2,1-3H3,(H,39,40). The van der Waals surface area contributed by atoms with Crippen molar-refractivity contribution in [2.45, 2.75) is 64.3 Å². The fourth-order valence-electron chi connectivity index (χ4n) is 6.10. The van der Waals surface area contributed by atoms with Crippen LogP contribution >= 0.6 is 0 Å². The smallest absolute Gasteiger partial charge is 0.408 e. The summed E-state index contributed by atoms with van der Waals surface area (Å²) in [6, 6.07) is 21.6. The Hall–Kier alpha value is -4.91. The van der Waals surface area contributed by atoms with Gasteiger partial charge in [0, 0.05) is 16.7 Å². The Bertz CT molecular complexity index is 1740. The third-order valence-electron chi connectivity index (χ3n) is 7.93. The number of nitrogens with zero attached hydrogens (tertiary/aromatic N) is 6. The number of rotatable bonds is 5. The van der Waals surface area contributed by atoms with E-state index in [4.69, 9.17) is 15.0 Å². The summed E-state index contributed by atoms with van der Waals surface area (Å²) in [5.74, 6) is 0.707. The van der Waals surface area contributed by atoms with Crippen molar-refractivity contribution >= 4 is 6.09 Å². The van der Waals surface area contributed by atoms with Crippen molar-refractivity contribution < 1.29 is 14.6 Å². The van der Waals surface area contributed by atoms with E-state index in [0.717, 1.165) is 46.2 Å². The van der Waals surface area contributed by atoms with E-state index in [1.54, 1.807) is 4.90 Å². The molecule has 2 aromatic carbocycles. The normalized spacial score (nSPS) is 15.1. The number of carbonyl (C=O) groups is 1. The molecule has 1 aliphatic carbocycles. The van der Waals surface area contributed by atoms with Crippen molar-refractivity contribution in [1.29, 1.82) is 5.26 Å². The maximum atomic E-state index is 13.1. The van der Waals surface area contributed by atoms with Gasteiger partial charge in [-0.05, 0) is 57.2 Å².